The first kappa shape index (κ1) is 11.1. The lowest BCUT2D eigenvalue weighted by atomic mass is 10.2. The van der Waals surface area contributed by atoms with Gasteiger partial charge >= 0.3 is 0 Å². The molecule has 4 heteroatoms. The van der Waals surface area contributed by atoms with Crippen molar-refractivity contribution in [2.24, 2.45) is 5.16 Å². The molecule has 0 aliphatic rings. The largest absolute Gasteiger partial charge is 0.493 e. The standard InChI is InChI=1S/C11H13NO3/c1-3-7-15-11-9(8-12-13)5-4-6-10(11)14-2/h3-6,8,13H,1,7H2,2H3/b12-8+. The molecule has 1 rings (SSSR count). The molecule has 1 aromatic carbocycles. The van der Waals surface area contributed by atoms with Crippen molar-refractivity contribution in [1.82, 2.24) is 0 Å². The van der Waals surface area contributed by atoms with E-state index in [1.807, 2.05) is 0 Å². The zero-order valence-electron chi connectivity index (χ0n) is 8.51. The Labute approximate surface area is 88.4 Å². The maximum Gasteiger partial charge on any atom is 0.170 e. The van der Waals surface area contributed by atoms with Gasteiger partial charge in [0.15, 0.2) is 11.5 Å². The molecule has 0 saturated heterocycles. The Hall–Kier alpha value is -1.97. The van der Waals surface area contributed by atoms with E-state index in [4.69, 9.17) is 14.7 Å². The second kappa shape index (κ2) is 5.70. The van der Waals surface area contributed by atoms with E-state index in [0.717, 1.165) is 0 Å². The van der Waals surface area contributed by atoms with E-state index in [-0.39, 0.29) is 0 Å². The summed E-state index contributed by atoms with van der Waals surface area (Å²) in [5.41, 5.74) is 0.652. The summed E-state index contributed by atoms with van der Waals surface area (Å²) in [4.78, 5) is 0. The first-order chi connectivity index (χ1) is 7.33. The van der Waals surface area contributed by atoms with Crippen LogP contribution in [0.2, 0.25) is 0 Å². The third-order valence-electron chi connectivity index (χ3n) is 1.77. The molecule has 0 atom stereocenters. The summed E-state index contributed by atoms with van der Waals surface area (Å²) in [7, 11) is 1.55. The molecule has 1 N–H and O–H groups in total. The van der Waals surface area contributed by atoms with Crippen LogP contribution in [0.25, 0.3) is 0 Å². The van der Waals surface area contributed by atoms with Crippen LogP contribution >= 0.6 is 0 Å². The van der Waals surface area contributed by atoms with Gasteiger partial charge in [-0.1, -0.05) is 23.9 Å². The average Bonchev–Trinajstić information content (AvgIpc) is 2.27. The number of benzene rings is 1. The van der Waals surface area contributed by atoms with E-state index < -0.39 is 0 Å². The number of ether oxygens (including phenoxy) is 2. The second-order valence-corrected chi connectivity index (χ2v) is 2.72. The van der Waals surface area contributed by atoms with Crippen molar-refractivity contribution < 1.29 is 14.7 Å². The number of oxime groups is 1. The quantitative estimate of drug-likeness (QED) is 0.348. The van der Waals surface area contributed by atoms with Crippen molar-refractivity contribution in [1.29, 1.82) is 0 Å². The lowest BCUT2D eigenvalue weighted by molar-refractivity contribution is 0.318. The molecule has 0 unspecified atom stereocenters. The molecule has 0 radical (unpaired) electrons. The van der Waals surface area contributed by atoms with Crippen LogP contribution in [-0.2, 0) is 0 Å². The van der Waals surface area contributed by atoms with Crippen molar-refractivity contribution >= 4 is 6.21 Å². The van der Waals surface area contributed by atoms with Crippen molar-refractivity contribution in [2.45, 2.75) is 0 Å². The summed E-state index contributed by atoms with van der Waals surface area (Å²) < 4.78 is 10.5. The molecule has 0 amide bonds. The highest BCUT2D eigenvalue weighted by atomic mass is 16.5. The maximum atomic E-state index is 8.49. The van der Waals surface area contributed by atoms with Crippen LogP contribution in [0.3, 0.4) is 0 Å². The Balaban J connectivity index is 3.07. The Kier molecular flexibility index (Phi) is 4.22. The van der Waals surface area contributed by atoms with Gasteiger partial charge in [-0.2, -0.15) is 0 Å². The molecule has 0 aromatic heterocycles. The first-order valence-electron chi connectivity index (χ1n) is 4.41. The van der Waals surface area contributed by atoms with Crippen LogP contribution in [0.5, 0.6) is 11.5 Å². The van der Waals surface area contributed by atoms with Gasteiger partial charge in [0, 0.05) is 5.56 Å². The van der Waals surface area contributed by atoms with Gasteiger partial charge in [-0.05, 0) is 12.1 Å². The average molecular weight is 207 g/mol. The predicted octanol–water partition coefficient (Wildman–Crippen LogP) is 2.07. The van der Waals surface area contributed by atoms with Crippen LogP contribution in [0.1, 0.15) is 5.56 Å². The summed E-state index contributed by atoms with van der Waals surface area (Å²) in [5, 5.41) is 11.4. The topological polar surface area (TPSA) is 51.0 Å². The van der Waals surface area contributed by atoms with Gasteiger partial charge in [-0.15, -0.1) is 0 Å². The molecule has 0 spiro atoms. The highest BCUT2D eigenvalue weighted by Gasteiger charge is 2.08. The highest BCUT2D eigenvalue weighted by Crippen LogP contribution is 2.29. The van der Waals surface area contributed by atoms with Crippen molar-refractivity contribution in [2.75, 3.05) is 13.7 Å². The van der Waals surface area contributed by atoms with E-state index in [9.17, 15) is 0 Å². The summed E-state index contributed by atoms with van der Waals surface area (Å²) in [6.07, 6.45) is 2.92. The van der Waals surface area contributed by atoms with Gasteiger partial charge in [0.25, 0.3) is 0 Å². The van der Waals surface area contributed by atoms with E-state index >= 15 is 0 Å². The zero-order chi connectivity index (χ0) is 11.1. The van der Waals surface area contributed by atoms with E-state index in [2.05, 4.69) is 11.7 Å². The van der Waals surface area contributed by atoms with E-state index in [0.29, 0.717) is 23.7 Å². The minimum absolute atomic E-state index is 0.368. The fraction of sp³-hybridized carbons (Fsp3) is 0.182. The molecule has 1 aromatic rings. The summed E-state index contributed by atoms with van der Waals surface area (Å²) in [5.74, 6) is 1.13. The fourth-order valence-electron chi connectivity index (χ4n) is 1.15. The summed E-state index contributed by atoms with van der Waals surface area (Å²) in [6, 6.07) is 5.32. The molecule has 0 aliphatic heterocycles. The number of hydrogen-bond donors (Lipinski definition) is 1. The van der Waals surface area contributed by atoms with Gasteiger partial charge in [0.1, 0.15) is 6.61 Å². The second-order valence-electron chi connectivity index (χ2n) is 2.72. The van der Waals surface area contributed by atoms with Crippen LogP contribution in [-0.4, -0.2) is 25.1 Å². The maximum absolute atomic E-state index is 8.49. The van der Waals surface area contributed by atoms with Crippen LogP contribution < -0.4 is 9.47 Å². The molecule has 80 valence electrons. The molecular weight excluding hydrogens is 194 g/mol. The lowest BCUT2D eigenvalue weighted by Gasteiger charge is -2.11. The number of nitrogens with zero attached hydrogens (tertiary/aromatic N) is 1. The third kappa shape index (κ3) is 2.74. The van der Waals surface area contributed by atoms with Crippen LogP contribution in [0, 0.1) is 0 Å². The van der Waals surface area contributed by atoms with Crippen molar-refractivity contribution in [3.8, 4) is 11.5 Å². The first-order valence-corrected chi connectivity index (χ1v) is 4.41. The van der Waals surface area contributed by atoms with Gasteiger partial charge in [0.2, 0.25) is 0 Å². The monoisotopic (exact) mass is 207 g/mol. The van der Waals surface area contributed by atoms with Crippen molar-refractivity contribution in [3.63, 3.8) is 0 Å². The molecule has 0 saturated carbocycles. The molecule has 0 bridgehead atoms. The Morgan fingerprint density at radius 2 is 2.33 bits per heavy atom. The van der Waals surface area contributed by atoms with Gasteiger partial charge in [-0.3, -0.25) is 0 Å². The van der Waals surface area contributed by atoms with Crippen LogP contribution in [0.15, 0.2) is 36.0 Å². The normalized spacial score (nSPS) is 10.2. The molecule has 15 heavy (non-hydrogen) atoms. The Morgan fingerprint density at radius 1 is 1.53 bits per heavy atom. The third-order valence-corrected chi connectivity index (χ3v) is 1.77. The summed E-state index contributed by atoms with van der Waals surface area (Å²) >= 11 is 0. The van der Waals surface area contributed by atoms with Gasteiger partial charge < -0.3 is 14.7 Å². The lowest BCUT2D eigenvalue weighted by Crippen LogP contribution is -1.99. The predicted molar refractivity (Wildman–Crippen MR) is 58.1 cm³/mol. The molecule has 0 heterocycles. The van der Waals surface area contributed by atoms with Crippen LogP contribution in [0.4, 0.5) is 0 Å². The fourth-order valence-corrected chi connectivity index (χ4v) is 1.15. The molecular formula is C11H13NO3. The highest BCUT2D eigenvalue weighted by molar-refractivity contribution is 5.84. The minimum Gasteiger partial charge on any atom is -0.493 e. The number of rotatable bonds is 5. The molecule has 0 aliphatic carbocycles. The van der Waals surface area contributed by atoms with Gasteiger partial charge in [-0.25, -0.2) is 0 Å². The smallest absolute Gasteiger partial charge is 0.170 e. The van der Waals surface area contributed by atoms with E-state index in [1.54, 1.807) is 31.4 Å². The van der Waals surface area contributed by atoms with E-state index in [1.165, 1.54) is 6.21 Å². The number of hydrogen-bond acceptors (Lipinski definition) is 4. The molecule has 4 nitrogen and oxygen atoms in total. The Morgan fingerprint density at radius 3 is 2.93 bits per heavy atom. The number of para-hydroxylation sites is 1. The minimum atomic E-state index is 0.368. The summed E-state index contributed by atoms with van der Waals surface area (Å²) in [6.45, 7) is 3.93. The SMILES string of the molecule is C=CCOc1c(/C=N/O)cccc1OC. The molecule has 0 fully saturated rings. The Bertz CT molecular complexity index is 361. The zero-order valence-corrected chi connectivity index (χ0v) is 8.51. The van der Waals surface area contributed by atoms with Crippen molar-refractivity contribution in [3.05, 3.63) is 36.4 Å². The number of methoxy groups -OCH3 is 1. The van der Waals surface area contributed by atoms with Gasteiger partial charge in [0.05, 0.1) is 13.3 Å².